The van der Waals surface area contributed by atoms with Crippen LogP contribution in [0.15, 0.2) is 60.9 Å². The molecule has 0 saturated carbocycles. The smallest absolute Gasteiger partial charge is 0.415 e. The second-order valence-corrected chi connectivity index (χ2v) is 6.56. The molecule has 2 aliphatic heterocycles. The number of aromatic nitrogens is 1. The summed E-state index contributed by atoms with van der Waals surface area (Å²) in [6, 6.07) is 14.8. The van der Waals surface area contributed by atoms with E-state index in [9.17, 15) is 4.79 Å². The molecule has 0 unspecified atom stereocenters. The van der Waals surface area contributed by atoms with Crippen LogP contribution in [0.3, 0.4) is 0 Å². The SMILES string of the molecule is O=C1O[C@@H](c2ccncc2)c2c(Cl)ccc3c2N1Cc1ccccc1O3. The first kappa shape index (κ1) is 15.2. The zero-order valence-corrected chi connectivity index (χ0v) is 14.3. The van der Waals surface area contributed by atoms with Gasteiger partial charge in [-0.2, -0.15) is 0 Å². The third-order valence-electron chi connectivity index (χ3n) is 4.63. The number of hydrogen-bond acceptors (Lipinski definition) is 4. The Labute approximate surface area is 154 Å². The number of hydrogen-bond donors (Lipinski definition) is 0. The van der Waals surface area contributed by atoms with Crippen molar-refractivity contribution in [2.24, 2.45) is 0 Å². The predicted molar refractivity (Wildman–Crippen MR) is 96.7 cm³/mol. The van der Waals surface area contributed by atoms with Crippen molar-refractivity contribution in [3.63, 3.8) is 0 Å². The van der Waals surface area contributed by atoms with Gasteiger partial charge in [0.1, 0.15) is 5.75 Å². The fourth-order valence-electron chi connectivity index (χ4n) is 3.43. The molecule has 3 heterocycles. The molecule has 0 radical (unpaired) electrons. The Kier molecular flexibility index (Phi) is 3.36. The lowest BCUT2D eigenvalue weighted by atomic mass is 9.98. The number of carbonyl (C=O) groups excluding carboxylic acids is 1. The molecule has 2 aromatic carbocycles. The molecular formula is C20H13ClN2O3. The van der Waals surface area contributed by atoms with Gasteiger partial charge in [-0.15, -0.1) is 0 Å². The Morgan fingerprint density at radius 2 is 1.85 bits per heavy atom. The Morgan fingerprint density at radius 3 is 2.69 bits per heavy atom. The van der Waals surface area contributed by atoms with Gasteiger partial charge in [-0.05, 0) is 30.3 Å². The van der Waals surface area contributed by atoms with E-state index in [-0.39, 0.29) is 0 Å². The number of nitrogens with zero attached hydrogens (tertiary/aromatic N) is 2. The van der Waals surface area contributed by atoms with Crippen LogP contribution in [0.2, 0.25) is 5.02 Å². The van der Waals surface area contributed by atoms with Gasteiger partial charge in [0, 0.05) is 29.1 Å². The number of amides is 1. The number of fused-ring (bicyclic) bond motifs is 1. The minimum Gasteiger partial charge on any atom is -0.455 e. The number of ether oxygens (including phenoxy) is 2. The lowest BCUT2D eigenvalue weighted by molar-refractivity contribution is 0.117. The maximum absolute atomic E-state index is 12.8. The number of rotatable bonds is 1. The summed E-state index contributed by atoms with van der Waals surface area (Å²) >= 11 is 6.53. The van der Waals surface area contributed by atoms with E-state index in [1.807, 2.05) is 36.4 Å². The molecule has 5 nitrogen and oxygen atoms in total. The zero-order valence-electron chi connectivity index (χ0n) is 13.6. The van der Waals surface area contributed by atoms with E-state index in [0.29, 0.717) is 23.0 Å². The number of cyclic esters (lactones) is 1. The van der Waals surface area contributed by atoms with E-state index in [4.69, 9.17) is 21.1 Å². The van der Waals surface area contributed by atoms with Crippen molar-refractivity contribution in [1.29, 1.82) is 0 Å². The molecule has 0 spiro atoms. The lowest BCUT2D eigenvalue weighted by Gasteiger charge is -2.34. The molecule has 2 aliphatic rings. The maximum Gasteiger partial charge on any atom is 0.415 e. The molecule has 0 saturated heterocycles. The first-order valence-corrected chi connectivity index (χ1v) is 8.56. The topological polar surface area (TPSA) is 51.7 Å². The Balaban J connectivity index is 1.75. The summed E-state index contributed by atoms with van der Waals surface area (Å²) in [7, 11) is 0. The monoisotopic (exact) mass is 364 g/mol. The minimum absolute atomic E-state index is 0.360. The number of para-hydroxylation sites is 1. The number of benzene rings is 2. The highest BCUT2D eigenvalue weighted by atomic mass is 35.5. The number of halogens is 1. The van der Waals surface area contributed by atoms with Gasteiger partial charge in [-0.3, -0.25) is 9.88 Å². The van der Waals surface area contributed by atoms with Gasteiger partial charge < -0.3 is 9.47 Å². The summed E-state index contributed by atoms with van der Waals surface area (Å²) in [5.74, 6) is 1.31. The van der Waals surface area contributed by atoms with Crippen LogP contribution in [0.25, 0.3) is 0 Å². The molecular weight excluding hydrogens is 352 g/mol. The van der Waals surface area contributed by atoms with E-state index in [1.54, 1.807) is 29.4 Å². The largest absolute Gasteiger partial charge is 0.455 e. The molecule has 0 fully saturated rings. The molecule has 26 heavy (non-hydrogen) atoms. The number of carbonyl (C=O) groups is 1. The second-order valence-electron chi connectivity index (χ2n) is 6.15. The molecule has 6 heteroatoms. The average Bonchev–Trinajstić information content (AvgIpc) is 2.84. The van der Waals surface area contributed by atoms with E-state index in [2.05, 4.69) is 4.98 Å². The molecule has 3 aromatic rings. The maximum atomic E-state index is 12.8. The van der Waals surface area contributed by atoms with Crippen LogP contribution < -0.4 is 9.64 Å². The third-order valence-corrected chi connectivity index (χ3v) is 4.96. The van der Waals surface area contributed by atoms with Crippen LogP contribution in [0.1, 0.15) is 22.8 Å². The van der Waals surface area contributed by atoms with Crippen LogP contribution in [0, 0.1) is 0 Å². The van der Waals surface area contributed by atoms with Crippen LogP contribution in [-0.4, -0.2) is 11.1 Å². The first-order valence-electron chi connectivity index (χ1n) is 8.18. The highest BCUT2D eigenvalue weighted by Gasteiger charge is 2.39. The van der Waals surface area contributed by atoms with Crippen LogP contribution in [0.5, 0.6) is 11.5 Å². The highest BCUT2D eigenvalue weighted by molar-refractivity contribution is 6.32. The summed E-state index contributed by atoms with van der Waals surface area (Å²) in [6.07, 6.45) is 2.30. The number of pyridine rings is 1. The molecule has 5 rings (SSSR count). The average molecular weight is 365 g/mol. The summed E-state index contributed by atoms with van der Waals surface area (Å²) < 4.78 is 11.9. The zero-order chi connectivity index (χ0) is 17.7. The van der Waals surface area contributed by atoms with Crippen molar-refractivity contribution in [3.8, 4) is 11.5 Å². The first-order chi connectivity index (χ1) is 12.7. The summed E-state index contributed by atoms with van der Waals surface area (Å²) in [4.78, 5) is 18.4. The van der Waals surface area contributed by atoms with Crippen LogP contribution in [0.4, 0.5) is 10.5 Å². The quantitative estimate of drug-likeness (QED) is 0.603. The van der Waals surface area contributed by atoms with Gasteiger partial charge in [0.05, 0.1) is 17.3 Å². The van der Waals surface area contributed by atoms with Gasteiger partial charge in [0.15, 0.2) is 11.9 Å². The van der Waals surface area contributed by atoms with Gasteiger partial charge in [0.25, 0.3) is 0 Å². The van der Waals surface area contributed by atoms with E-state index < -0.39 is 12.2 Å². The predicted octanol–water partition coefficient (Wildman–Crippen LogP) is 5.09. The molecule has 128 valence electrons. The Bertz CT molecular complexity index is 1020. The van der Waals surface area contributed by atoms with Crippen molar-refractivity contribution in [2.45, 2.75) is 12.6 Å². The van der Waals surface area contributed by atoms with Crippen molar-refractivity contribution in [3.05, 3.63) is 82.6 Å². The fourth-order valence-corrected chi connectivity index (χ4v) is 3.68. The Morgan fingerprint density at radius 1 is 1.04 bits per heavy atom. The van der Waals surface area contributed by atoms with E-state index >= 15 is 0 Å². The summed E-state index contributed by atoms with van der Waals surface area (Å²) in [5, 5.41) is 0.526. The van der Waals surface area contributed by atoms with Crippen molar-refractivity contribution >= 4 is 23.4 Å². The van der Waals surface area contributed by atoms with Crippen LogP contribution >= 0.6 is 11.6 Å². The third kappa shape index (κ3) is 2.24. The lowest BCUT2D eigenvalue weighted by Crippen LogP contribution is -2.37. The van der Waals surface area contributed by atoms with Crippen molar-refractivity contribution in [2.75, 3.05) is 4.90 Å². The van der Waals surface area contributed by atoms with Gasteiger partial charge in [0.2, 0.25) is 0 Å². The molecule has 1 atom stereocenters. The highest BCUT2D eigenvalue weighted by Crippen LogP contribution is 2.50. The van der Waals surface area contributed by atoms with Gasteiger partial charge >= 0.3 is 6.09 Å². The van der Waals surface area contributed by atoms with Crippen molar-refractivity contribution in [1.82, 2.24) is 4.98 Å². The minimum atomic E-state index is -0.603. The second kappa shape index (κ2) is 5.75. The normalized spacial score (nSPS) is 17.5. The molecule has 1 amide bonds. The summed E-state index contributed by atoms with van der Waals surface area (Å²) in [6.45, 7) is 0.360. The molecule has 0 bridgehead atoms. The molecule has 1 aromatic heterocycles. The van der Waals surface area contributed by atoms with E-state index in [1.165, 1.54) is 0 Å². The van der Waals surface area contributed by atoms with Gasteiger partial charge in [-0.1, -0.05) is 29.8 Å². The van der Waals surface area contributed by atoms with Crippen molar-refractivity contribution < 1.29 is 14.3 Å². The molecule has 0 aliphatic carbocycles. The Hall–Kier alpha value is -3.05. The van der Waals surface area contributed by atoms with Crippen LogP contribution in [-0.2, 0) is 11.3 Å². The van der Waals surface area contributed by atoms with E-state index in [0.717, 1.165) is 22.4 Å². The molecule has 0 N–H and O–H groups in total. The fraction of sp³-hybridized carbons (Fsp3) is 0.100. The summed E-state index contributed by atoms with van der Waals surface area (Å²) in [5.41, 5.74) is 3.10. The standard InChI is InChI=1S/C20H13ClN2O3/c21-14-5-6-16-18-17(14)19(12-7-9-22-10-8-12)26-20(24)23(18)11-13-3-1-2-4-15(13)25-16/h1-10,19H,11H2/t19-/m0/s1. The van der Waals surface area contributed by atoms with Gasteiger partial charge in [-0.25, -0.2) is 4.79 Å². The number of anilines is 1.